The zero-order valence-corrected chi connectivity index (χ0v) is 17.0. The average molecular weight is 408 g/mol. The second-order valence-electron chi connectivity index (χ2n) is 7.22. The van der Waals surface area contributed by atoms with Crippen LogP contribution in [0.4, 0.5) is 0 Å². The molecular weight excluding hydrogens is 384 g/mol. The number of imide groups is 1. The van der Waals surface area contributed by atoms with E-state index in [2.05, 4.69) is 5.32 Å². The first kappa shape index (κ1) is 21.2. The lowest BCUT2D eigenvalue weighted by Gasteiger charge is -2.24. The van der Waals surface area contributed by atoms with E-state index in [-0.39, 0.29) is 23.6 Å². The Morgan fingerprint density at radius 3 is 2.10 bits per heavy atom. The quantitative estimate of drug-likeness (QED) is 0.535. The molecule has 0 saturated heterocycles. The summed E-state index contributed by atoms with van der Waals surface area (Å²) in [6.07, 6.45) is 0.837. The highest BCUT2D eigenvalue weighted by Crippen LogP contribution is 2.26. The summed E-state index contributed by atoms with van der Waals surface area (Å²) >= 11 is 0. The molecule has 7 nitrogen and oxygen atoms in total. The van der Waals surface area contributed by atoms with E-state index in [1.165, 1.54) is 0 Å². The highest BCUT2D eigenvalue weighted by atomic mass is 16.5. The Morgan fingerprint density at radius 1 is 0.967 bits per heavy atom. The summed E-state index contributed by atoms with van der Waals surface area (Å²) in [6.45, 7) is 3.30. The molecular formula is C23H24N2O5. The van der Waals surface area contributed by atoms with E-state index < -0.39 is 36.3 Å². The number of carbonyl (C=O) groups is 4. The van der Waals surface area contributed by atoms with Crippen LogP contribution < -0.4 is 5.32 Å². The number of amides is 3. The molecule has 30 heavy (non-hydrogen) atoms. The van der Waals surface area contributed by atoms with E-state index >= 15 is 0 Å². The van der Waals surface area contributed by atoms with E-state index in [1.807, 2.05) is 19.9 Å². The SMILES string of the molecule is CC[C@@H](C)NC(=O)COC(=O)[C@H](Cc1ccccc1)N1C(=O)c2ccccc2C1=O. The van der Waals surface area contributed by atoms with Gasteiger partial charge in [-0.15, -0.1) is 0 Å². The number of rotatable bonds is 8. The fourth-order valence-electron chi connectivity index (χ4n) is 3.26. The van der Waals surface area contributed by atoms with E-state index in [1.54, 1.807) is 48.5 Å². The Hall–Kier alpha value is -3.48. The van der Waals surface area contributed by atoms with Crippen molar-refractivity contribution in [1.82, 2.24) is 10.2 Å². The number of nitrogens with one attached hydrogen (secondary N) is 1. The molecule has 1 N–H and O–H groups in total. The van der Waals surface area contributed by atoms with Crippen LogP contribution in [0, 0.1) is 0 Å². The van der Waals surface area contributed by atoms with Gasteiger partial charge in [-0.3, -0.25) is 19.3 Å². The molecule has 7 heteroatoms. The van der Waals surface area contributed by atoms with E-state index in [9.17, 15) is 19.2 Å². The molecule has 2 atom stereocenters. The molecule has 156 valence electrons. The van der Waals surface area contributed by atoms with Crippen LogP contribution in [-0.4, -0.2) is 47.3 Å². The Bertz CT molecular complexity index is 922. The van der Waals surface area contributed by atoms with Crippen molar-refractivity contribution in [3.05, 3.63) is 71.3 Å². The number of ether oxygens (including phenoxy) is 1. The lowest BCUT2D eigenvalue weighted by molar-refractivity contribution is -0.152. The zero-order valence-electron chi connectivity index (χ0n) is 17.0. The summed E-state index contributed by atoms with van der Waals surface area (Å²) in [6, 6.07) is 14.3. The largest absolute Gasteiger partial charge is 0.454 e. The van der Waals surface area contributed by atoms with Crippen LogP contribution >= 0.6 is 0 Å². The van der Waals surface area contributed by atoms with Crippen molar-refractivity contribution in [2.75, 3.05) is 6.61 Å². The van der Waals surface area contributed by atoms with Crippen LogP contribution in [0.5, 0.6) is 0 Å². The lowest BCUT2D eigenvalue weighted by Crippen LogP contribution is -2.47. The van der Waals surface area contributed by atoms with Gasteiger partial charge in [0.05, 0.1) is 11.1 Å². The summed E-state index contributed by atoms with van der Waals surface area (Å²) in [5.74, 6) is -2.32. The second kappa shape index (κ2) is 9.35. The van der Waals surface area contributed by atoms with Crippen LogP contribution in [-0.2, 0) is 20.7 Å². The maximum atomic E-state index is 12.9. The molecule has 1 heterocycles. The maximum Gasteiger partial charge on any atom is 0.330 e. The second-order valence-corrected chi connectivity index (χ2v) is 7.22. The molecule has 0 spiro atoms. The first-order valence-electron chi connectivity index (χ1n) is 9.89. The normalized spacial score (nSPS) is 14.8. The molecule has 0 aromatic heterocycles. The van der Waals surface area contributed by atoms with Crippen molar-refractivity contribution < 1.29 is 23.9 Å². The van der Waals surface area contributed by atoms with Crippen molar-refractivity contribution in [1.29, 1.82) is 0 Å². The third-order valence-corrected chi connectivity index (χ3v) is 5.05. The van der Waals surface area contributed by atoms with Crippen LogP contribution in [0.3, 0.4) is 0 Å². The molecule has 1 aliphatic heterocycles. The smallest absolute Gasteiger partial charge is 0.330 e. The molecule has 0 radical (unpaired) electrons. The molecule has 2 aromatic carbocycles. The summed E-state index contributed by atoms with van der Waals surface area (Å²) < 4.78 is 5.19. The van der Waals surface area contributed by atoms with Gasteiger partial charge in [0.1, 0.15) is 6.04 Å². The van der Waals surface area contributed by atoms with Gasteiger partial charge >= 0.3 is 5.97 Å². The van der Waals surface area contributed by atoms with Gasteiger partial charge in [0.2, 0.25) is 0 Å². The van der Waals surface area contributed by atoms with Gasteiger partial charge in [-0.1, -0.05) is 49.4 Å². The van der Waals surface area contributed by atoms with E-state index in [0.717, 1.165) is 16.9 Å². The molecule has 0 bridgehead atoms. The Balaban J connectivity index is 1.81. The average Bonchev–Trinajstić information content (AvgIpc) is 3.01. The van der Waals surface area contributed by atoms with Crippen LogP contribution in [0.25, 0.3) is 0 Å². The summed E-state index contributed by atoms with van der Waals surface area (Å²) in [5, 5.41) is 2.71. The third-order valence-electron chi connectivity index (χ3n) is 5.05. The number of esters is 1. The summed E-state index contributed by atoms with van der Waals surface area (Å²) in [5.41, 5.74) is 1.27. The van der Waals surface area contributed by atoms with Gasteiger partial charge in [0.25, 0.3) is 17.7 Å². The zero-order chi connectivity index (χ0) is 21.7. The van der Waals surface area contributed by atoms with Crippen LogP contribution in [0.1, 0.15) is 46.5 Å². The Kier molecular flexibility index (Phi) is 6.61. The first-order chi connectivity index (χ1) is 14.4. The van der Waals surface area contributed by atoms with E-state index in [4.69, 9.17) is 4.74 Å². The number of hydrogen-bond acceptors (Lipinski definition) is 5. The van der Waals surface area contributed by atoms with E-state index in [0.29, 0.717) is 0 Å². The number of nitrogens with zero attached hydrogens (tertiary/aromatic N) is 1. The van der Waals surface area contributed by atoms with Crippen molar-refractivity contribution in [2.45, 2.75) is 38.8 Å². The highest BCUT2D eigenvalue weighted by Gasteiger charge is 2.43. The molecule has 1 aliphatic rings. The summed E-state index contributed by atoms with van der Waals surface area (Å²) in [7, 11) is 0. The van der Waals surface area contributed by atoms with Crippen molar-refractivity contribution in [3.63, 3.8) is 0 Å². The lowest BCUT2D eigenvalue weighted by atomic mass is 10.0. The van der Waals surface area contributed by atoms with Gasteiger partial charge in [-0.25, -0.2) is 4.79 Å². The van der Waals surface area contributed by atoms with Gasteiger partial charge in [-0.2, -0.15) is 0 Å². The van der Waals surface area contributed by atoms with Crippen LogP contribution in [0.2, 0.25) is 0 Å². The summed E-state index contributed by atoms with van der Waals surface area (Å²) in [4.78, 5) is 51.6. The molecule has 0 aliphatic carbocycles. The van der Waals surface area contributed by atoms with Crippen molar-refractivity contribution >= 4 is 23.7 Å². The van der Waals surface area contributed by atoms with Gasteiger partial charge in [0.15, 0.2) is 6.61 Å². The highest BCUT2D eigenvalue weighted by molar-refractivity contribution is 6.22. The van der Waals surface area contributed by atoms with Gasteiger partial charge in [0, 0.05) is 12.5 Å². The van der Waals surface area contributed by atoms with Crippen molar-refractivity contribution in [3.8, 4) is 0 Å². The minimum Gasteiger partial charge on any atom is -0.454 e. The fourth-order valence-corrected chi connectivity index (χ4v) is 3.26. The fraction of sp³-hybridized carbons (Fsp3) is 0.304. The monoisotopic (exact) mass is 408 g/mol. The third kappa shape index (κ3) is 4.56. The molecule has 2 aromatic rings. The van der Waals surface area contributed by atoms with Gasteiger partial charge in [-0.05, 0) is 31.0 Å². The number of fused-ring (bicyclic) bond motifs is 1. The van der Waals surface area contributed by atoms with Crippen molar-refractivity contribution in [2.24, 2.45) is 0 Å². The topological polar surface area (TPSA) is 92.8 Å². The van der Waals surface area contributed by atoms with Crippen LogP contribution in [0.15, 0.2) is 54.6 Å². The molecule has 3 rings (SSSR count). The maximum absolute atomic E-state index is 12.9. The number of hydrogen-bond donors (Lipinski definition) is 1. The molecule has 0 saturated carbocycles. The number of benzene rings is 2. The minimum atomic E-state index is -1.17. The molecule has 3 amide bonds. The predicted octanol–water partition coefficient (Wildman–Crippen LogP) is 2.35. The predicted molar refractivity (Wildman–Crippen MR) is 110 cm³/mol. The molecule has 0 fully saturated rings. The first-order valence-corrected chi connectivity index (χ1v) is 9.89. The Labute approximate surface area is 175 Å². The minimum absolute atomic E-state index is 0.0486. The molecule has 0 unspecified atom stereocenters. The number of carbonyl (C=O) groups excluding carboxylic acids is 4. The van der Waals surface area contributed by atoms with Gasteiger partial charge < -0.3 is 10.1 Å². The standard InChI is InChI=1S/C23H24N2O5/c1-3-15(2)24-20(26)14-30-23(29)19(13-16-9-5-4-6-10-16)25-21(27)17-11-7-8-12-18(17)22(25)28/h4-12,15,19H,3,13-14H2,1-2H3,(H,24,26)/t15-,19+/m1/s1. The Morgan fingerprint density at radius 2 is 1.53 bits per heavy atom.